The van der Waals surface area contributed by atoms with E-state index in [-0.39, 0.29) is 5.91 Å². The highest BCUT2D eigenvalue weighted by Crippen LogP contribution is 2.20. The van der Waals surface area contributed by atoms with Crippen molar-refractivity contribution in [1.29, 1.82) is 0 Å². The summed E-state index contributed by atoms with van der Waals surface area (Å²) in [4.78, 5) is 14.1. The van der Waals surface area contributed by atoms with E-state index in [2.05, 4.69) is 21.2 Å². The third kappa shape index (κ3) is 3.49. The maximum atomic E-state index is 12.3. The molecule has 2 N–H and O–H groups in total. The van der Waals surface area contributed by atoms with E-state index in [1.807, 2.05) is 24.3 Å². The Morgan fingerprint density at radius 2 is 2.00 bits per heavy atom. The van der Waals surface area contributed by atoms with Gasteiger partial charge in [0, 0.05) is 16.9 Å². The van der Waals surface area contributed by atoms with E-state index in [1.54, 1.807) is 4.90 Å². The lowest BCUT2D eigenvalue weighted by Crippen LogP contribution is -3.18. The SMILES string of the molecule is O=C(NC[C@H]1CCC[NH+]2CCCC[C@H]12)c1ccccc1Br. The van der Waals surface area contributed by atoms with Crippen molar-refractivity contribution >= 4 is 21.8 Å². The third-order valence-corrected chi connectivity index (χ3v) is 5.76. The number of nitrogens with one attached hydrogen (secondary N) is 2. The van der Waals surface area contributed by atoms with E-state index in [1.165, 1.54) is 45.2 Å². The van der Waals surface area contributed by atoms with Crippen LogP contribution in [0, 0.1) is 5.92 Å². The monoisotopic (exact) mass is 351 g/mol. The van der Waals surface area contributed by atoms with Crippen molar-refractivity contribution in [3.8, 4) is 0 Å². The highest BCUT2D eigenvalue weighted by molar-refractivity contribution is 9.10. The minimum absolute atomic E-state index is 0.0467. The first-order chi connectivity index (χ1) is 10.3. The van der Waals surface area contributed by atoms with Gasteiger partial charge >= 0.3 is 0 Å². The summed E-state index contributed by atoms with van der Waals surface area (Å²) >= 11 is 3.45. The lowest BCUT2D eigenvalue weighted by molar-refractivity contribution is -0.939. The van der Waals surface area contributed by atoms with Gasteiger partial charge in [-0.05, 0) is 60.2 Å². The Hall–Kier alpha value is -0.870. The zero-order valence-electron chi connectivity index (χ0n) is 12.4. The van der Waals surface area contributed by atoms with E-state index in [0.717, 1.165) is 22.6 Å². The number of fused-ring (bicyclic) bond motifs is 1. The Kier molecular flexibility index (Phi) is 4.96. The molecular weight excluding hydrogens is 328 g/mol. The number of halogens is 1. The predicted molar refractivity (Wildman–Crippen MR) is 87.5 cm³/mol. The fraction of sp³-hybridized carbons (Fsp3) is 0.588. The van der Waals surface area contributed by atoms with Crippen LogP contribution in [0.3, 0.4) is 0 Å². The molecule has 2 heterocycles. The summed E-state index contributed by atoms with van der Waals surface area (Å²) in [5.41, 5.74) is 0.737. The van der Waals surface area contributed by atoms with Crippen molar-refractivity contribution < 1.29 is 9.69 Å². The van der Waals surface area contributed by atoms with E-state index < -0.39 is 0 Å². The van der Waals surface area contributed by atoms with Crippen LogP contribution in [0.5, 0.6) is 0 Å². The Morgan fingerprint density at radius 3 is 2.86 bits per heavy atom. The summed E-state index contributed by atoms with van der Waals surface area (Å²) in [5.74, 6) is 0.700. The first-order valence-corrected chi connectivity index (χ1v) is 8.92. The molecule has 4 heteroatoms. The van der Waals surface area contributed by atoms with Gasteiger partial charge in [-0.15, -0.1) is 0 Å². The molecule has 3 atom stereocenters. The minimum atomic E-state index is 0.0467. The van der Waals surface area contributed by atoms with Crippen molar-refractivity contribution in [2.45, 2.75) is 38.1 Å². The van der Waals surface area contributed by atoms with Gasteiger partial charge in [0.2, 0.25) is 0 Å². The summed E-state index contributed by atoms with van der Waals surface area (Å²) in [5, 5.41) is 3.16. The predicted octanol–water partition coefficient (Wildman–Crippen LogP) is 2.03. The molecule has 0 aliphatic carbocycles. The summed E-state index contributed by atoms with van der Waals surface area (Å²) in [6.45, 7) is 3.49. The van der Waals surface area contributed by atoms with E-state index in [0.29, 0.717) is 5.92 Å². The van der Waals surface area contributed by atoms with Gasteiger partial charge in [-0.2, -0.15) is 0 Å². The second kappa shape index (κ2) is 6.93. The van der Waals surface area contributed by atoms with Crippen molar-refractivity contribution in [3.63, 3.8) is 0 Å². The number of quaternary nitrogens is 1. The Labute approximate surface area is 135 Å². The maximum Gasteiger partial charge on any atom is 0.252 e. The molecule has 2 aliphatic rings. The van der Waals surface area contributed by atoms with Gasteiger partial charge in [-0.1, -0.05) is 12.1 Å². The normalized spacial score (nSPS) is 28.7. The lowest BCUT2D eigenvalue weighted by Gasteiger charge is -2.41. The molecular formula is C17H24BrN2O+. The molecule has 1 amide bonds. The third-order valence-electron chi connectivity index (χ3n) is 5.07. The van der Waals surface area contributed by atoms with Crippen molar-refractivity contribution in [2.75, 3.05) is 19.6 Å². The second-order valence-corrected chi connectivity index (χ2v) is 7.21. The number of amides is 1. The Morgan fingerprint density at radius 1 is 1.19 bits per heavy atom. The Balaban J connectivity index is 1.59. The number of rotatable bonds is 3. The summed E-state index contributed by atoms with van der Waals surface area (Å²) in [6, 6.07) is 8.41. The smallest absolute Gasteiger partial charge is 0.252 e. The highest BCUT2D eigenvalue weighted by Gasteiger charge is 2.36. The quantitative estimate of drug-likeness (QED) is 0.858. The minimum Gasteiger partial charge on any atom is -0.351 e. The van der Waals surface area contributed by atoms with Gasteiger partial charge in [0.15, 0.2) is 0 Å². The molecule has 3 nitrogen and oxygen atoms in total. The molecule has 0 radical (unpaired) electrons. The fourth-order valence-corrected chi connectivity index (χ4v) is 4.45. The highest BCUT2D eigenvalue weighted by atomic mass is 79.9. The molecule has 0 aromatic heterocycles. The molecule has 2 aliphatic heterocycles. The number of carbonyl (C=O) groups excluding carboxylic acids is 1. The molecule has 2 saturated heterocycles. The molecule has 3 rings (SSSR count). The van der Waals surface area contributed by atoms with Crippen LogP contribution >= 0.6 is 15.9 Å². The maximum absolute atomic E-state index is 12.3. The van der Waals surface area contributed by atoms with Crippen LogP contribution < -0.4 is 10.2 Å². The molecule has 21 heavy (non-hydrogen) atoms. The number of piperidine rings is 2. The molecule has 2 fully saturated rings. The standard InChI is InChI=1S/C17H23BrN2O/c18-15-8-2-1-7-14(15)17(21)19-12-13-6-5-11-20-10-4-3-9-16(13)20/h1-2,7-8,13,16H,3-6,9-12H2,(H,19,21)/p+1/t13-,16-/m1/s1. The lowest BCUT2D eigenvalue weighted by atomic mass is 9.83. The first kappa shape index (κ1) is 15.0. The number of hydrogen-bond donors (Lipinski definition) is 2. The molecule has 0 bridgehead atoms. The van der Waals surface area contributed by atoms with Gasteiger partial charge < -0.3 is 10.2 Å². The summed E-state index contributed by atoms with van der Waals surface area (Å²) in [6.07, 6.45) is 6.65. The zero-order chi connectivity index (χ0) is 14.7. The molecule has 1 aromatic carbocycles. The molecule has 1 unspecified atom stereocenters. The zero-order valence-corrected chi connectivity index (χ0v) is 14.0. The van der Waals surface area contributed by atoms with E-state index >= 15 is 0 Å². The Bertz CT molecular complexity index is 503. The van der Waals surface area contributed by atoms with Gasteiger partial charge in [0.25, 0.3) is 5.91 Å². The average molecular weight is 352 g/mol. The van der Waals surface area contributed by atoms with Crippen LogP contribution in [0.2, 0.25) is 0 Å². The van der Waals surface area contributed by atoms with Gasteiger partial charge in [-0.25, -0.2) is 0 Å². The molecule has 0 saturated carbocycles. The van der Waals surface area contributed by atoms with Crippen LogP contribution in [0.4, 0.5) is 0 Å². The number of hydrogen-bond acceptors (Lipinski definition) is 1. The summed E-state index contributed by atoms with van der Waals surface area (Å²) in [7, 11) is 0. The first-order valence-electron chi connectivity index (χ1n) is 8.13. The van der Waals surface area contributed by atoms with E-state index in [9.17, 15) is 4.79 Å². The van der Waals surface area contributed by atoms with Crippen molar-refractivity contribution in [1.82, 2.24) is 5.32 Å². The topological polar surface area (TPSA) is 33.5 Å². The van der Waals surface area contributed by atoms with Crippen LogP contribution in [-0.4, -0.2) is 31.6 Å². The van der Waals surface area contributed by atoms with Crippen LogP contribution in [0.15, 0.2) is 28.7 Å². The average Bonchev–Trinajstić information content (AvgIpc) is 2.53. The largest absolute Gasteiger partial charge is 0.351 e. The van der Waals surface area contributed by atoms with Crippen LogP contribution in [0.25, 0.3) is 0 Å². The van der Waals surface area contributed by atoms with Gasteiger partial charge in [-0.3, -0.25) is 4.79 Å². The molecule has 0 spiro atoms. The van der Waals surface area contributed by atoms with E-state index in [4.69, 9.17) is 0 Å². The van der Waals surface area contributed by atoms with Crippen LogP contribution in [-0.2, 0) is 0 Å². The summed E-state index contributed by atoms with van der Waals surface area (Å²) < 4.78 is 0.871. The number of carbonyl (C=O) groups is 1. The van der Waals surface area contributed by atoms with Gasteiger partial charge in [0.1, 0.15) is 0 Å². The number of benzene rings is 1. The second-order valence-electron chi connectivity index (χ2n) is 6.35. The van der Waals surface area contributed by atoms with Crippen molar-refractivity contribution in [3.05, 3.63) is 34.3 Å². The molecule has 114 valence electrons. The van der Waals surface area contributed by atoms with Crippen molar-refractivity contribution in [2.24, 2.45) is 5.92 Å². The van der Waals surface area contributed by atoms with Gasteiger partial charge in [0.05, 0.1) is 24.7 Å². The fourth-order valence-electron chi connectivity index (χ4n) is 3.99. The van der Waals surface area contributed by atoms with Crippen LogP contribution in [0.1, 0.15) is 42.5 Å². The molecule has 1 aromatic rings.